The number of hydrogen-bond acceptors (Lipinski definition) is 4. The first-order chi connectivity index (χ1) is 7.86. The molecule has 0 aromatic heterocycles. The molecular formula is C11H19ClO4. The number of alkyl halides is 1. The van der Waals surface area contributed by atoms with Gasteiger partial charge in [-0.05, 0) is 6.42 Å². The fraction of sp³-hybridized carbons (Fsp3) is 0.818. The van der Waals surface area contributed by atoms with Gasteiger partial charge in [0.2, 0.25) is 0 Å². The molecule has 0 radical (unpaired) electrons. The Morgan fingerprint density at radius 3 is 2.62 bits per heavy atom. The van der Waals surface area contributed by atoms with Gasteiger partial charge in [0.05, 0.1) is 26.4 Å². The van der Waals surface area contributed by atoms with E-state index in [4.69, 9.17) is 30.5 Å². The van der Waals surface area contributed by atoms with Crippen molar-refractivity contribution < 1.29 is 18.9 Å². The summed E-state index contributed by atoms with van der Waals surface area (Å²) in [5.41, 5.74) is 0. The highest BCUT2D eigenvalue weighted by atomic mass is 35.5. The zero-order chi connectivity index (χ0) is 11.6. The van der Waals surface area contributed by atoms with E-state index in [0.29, 0.717) is 18.6 Å². The molecule has 2 heterocycles. The third-order valence-electron chi connectivity index (χ3n) is 1.83. The average molecular weight is 251 g/mol. The molecule has 2 saturated heterocycles. The average Bonchev–Trinajstić information content (AvgIpc) is 3.15. The first-order valence-electron chi connectivity index (χ1n) is 5.46. The number of halogens is 1. The largest absolute Gasteiger partial charge is 0.375 e. The van der Waals surface area contributed by atoms with Crippen molar-refractivity contribution in [2.75, 3.05) is 38.9 Å². The van der Waals surface area contributed by atoms with E-state index in [0.717, 1.165) is 32.8 Å². The first-order valence-corrected chi connectivity index (χ1v) is 5.99. The molecule has 0 bridgehead atoms. The Bertz CT molecular complexity index is 181. The maximum absolute atomic E-state index is 5.38. The Hall–Kier alpha value is -0.130. The van der Waals surface area contributed by atoms with E-state index in [1.54, 1.807) is 6.08 Å². The van der Waals surface area contributed by atoms with E-state index in [1.165, 1.54) is 0 Å². The highest BCUT2D eigenvalue weighted by Crippen LogP contribution is 2.10. The molecule has 2 rings (SSSR count). The van der Waals surface area contributed by atoms with E-state index >= 15 is 0 Å². The SMILES string of the molecule is C=CCOCC1CO1.ClCCCOC1CO1. The number of hydrogen-bond donors (Lipinski definition) is 0. The topological polar surface area (TPSA) is 43.5 Å². The summed E-state index contributed by atoms with van der Waals surface area (Å²) in [4.78, 5) is 0. The molecule has 94 valence electrons. The highest BCUT2D eigenvalue weighted by molar-refractivity contribution is 6.17. The van der Waals surface area contributed by atoms with E-state index in [1.807, 2.05) is 0 Å². The summed E-state index contributed by atoms with van der Waals surface area (Å²) >= 11 is 5.38. The van der Waals surface area contributed by atoms with Gasteiger partial charge < -0.3 is 18.9 Å². The lowest BCUT2D eigenvalue weighted by atomic mass is 10.5. The van der Waals surface area contributed by atoms with Crippen molar-refractivity contribution >= 4 is 11.6 Å². The van der Waals surface area contributed by atoms with Crippen molar-refractivity contribution in [1.29, 1.82) is 0 Å². The third-order valence-corrected chi connectivity index (χ3v) is 2.09. The lowest BCUT2D eigenvalue weighted by molar-refractivity contribution is 0.0511. The van der Waals surface area contributed by atoms with Gasteiger partial charge in [0, 0.05) is 5.88 Å². The van der Waals surface area contributed by atoms with Gasteiger partial charge in [-0.3, -0.25) is 0 Å². The second kappa shape index (κ2) is 8.96. The third kappa shape index (κ3) is 9.12. The summed E-state index contributed by atoms with van der Waals surface area (Å²) in [6.45, 7) is 7.25. The van der Waals surface area contributed by atoms with Crippen LogP contribution in [0.5, 0.6) is 0 Å². The van der Waals surface area contributed by atoms with Crippen LogP contribution in [0, 0.1) is 0 Å². The predicted octanol–water partition coefficient (Wildman–Crippen LogP) is 1.58. The van der Waals surface area contributed by atoms with E-state index in [2.05, 4.69) is 6.58 Å². The lowest BCUT2D eigenvalue weighted by Gasteiger charge is -1.93. The van der Waals surface area contributed by atoms with Gasteiger partial charge in [-0.15, -0.1) is 18.2 Å². The van der Waals surface area contributed by atoms with Gasteiger partial charge in [-0.2, -0.15) is 0 Å². The summed E-state index contributed by atoms with van der Waals surface area (Å²) < 4.78 is 19.8. The first kappa shape index (κ1) is 13.9. The monoisotopic (exact) mass is 250 g/mol. The Morgan fingerprint density at radius 1 is 1.38 bits per heavy atom. The smallest absolute Gasteiger partial charge is 0.181 e. The number of epoxide rings is 2. The highest BCUT2D eigenvalue weighted by Gasteiger charge is 2.22. The Balaban J connectivity index is 0.000000160. The summed E-state index contributed by atoms with van der Waals surface area (Å²) in [5, 5.41) is 0. The van der Waals surface area contributed by atoms with Crippen LogP contribution in [0.25, 0.3) is 0 Å². The normalized spacial score (nSPS) is 25.6. The predicted molar refractivity (Wildman–Crippen MR) is 61.8 cm³/mol. The molecular weight excluding hydrogens is 232 g/mol. The molecule has 0 N–H and O–H groups in total. The molecule has 2 fully saturated rings. The van der Waals surface area contributed by atoms with Gasteiger partial charge in [-0.25, -0.2) is 0 Å². The van der Waals surface area contributed by atoms with Gasteiger partial charge in [0.1, 0.15) is 12.7 Å². The van der Waals surface area contributed by atoms with Crippen LogP contribution in [0.3, 0.4) is 0 Å². The molecule has 2 aliphatic heterocycles. The minimum absolute atomic E-state index is 0.0956. The summed E-state index contributed by atoms with van der Waals surface area (Å²) in [7, 11) is 0. The summed E-state index contributed by atoms with van der Waals surface area (Å²) in [6.07, 6.45) is 3.14. The molecule has 5 heteroatoms. The fourth-order valence-corrected chi connectivity index (χ4v) is 0.961. The molecule has 0 spiro atoms. The number of rotatable bonds is 8. The van der Waals surface area contributed by atoms with Crippen molar-refractivity contribution in [2.45, 2.75) is 18.8 Å². The molecule has 0 aromatic carbocycles. The molecule has 0 aromatic rings. The van der Waals surface area contributed by atoms with Crippen LogP contribution in [-0.2, 0) is 18.9 Å². The molecule has 4 nitrogen and oxygen atoms in total. The lowest BCUT2D eigenvalue weighted by Crippen LogP contribution is -2.00. The number of ether oxygens (including phenoxy) is 4. The van der Waals surface area contributed by atoms with Crippen LogP contribution in [0.15, 0.2) is 12.7 Å². The van der Waals surface area contributed by atoms with Gasteiger partial charge in [-0.1, -0.05) is 6.08 Å². The second-order valence-electron chi connectivity index (χ2n) is 3.46. The minimum atomic E-state index is 0.0956. The van der Waals surface area contributed by atoms with Gasteiger partial charge in [0.15, 0.2) is 6.29 Å². The fourth-order valence-electron chi connectivity index (χ4n) is 0.852. The molecule has 2 aliphatic rings. The van der Waals surface area contributed by atoms with Crippen molar-refractivity contribution in [1.82, 2.24) is 0 Å². The van der Waals surface area contributed by atoms with Crippen molar-refractivity contribution in [3.8, 4) is 0 Å². The Kier molecular flexibility index (Phi) is 7.80. The summed E-state index contributed by atoms with van der Waals surface area (Å²) in [5.74, 6) is 0.673. The molecule has 0 aliphatic carbocycles. The van der Waals surface area contributed by atoms with Crippen LogP contribution in [0.2, 0.25) is 0 Å². The van der Waals surface area contributed by atoms with Crippen LogP contribution >= 0.6 is 11.6 Å². The van der Waals surface area contributed by atoms with Crippen molar-refractivity contribution in [2.24, 2.45) is 0 Å². The van der Waals surface area contributed by atoms with E-state index < -0.39 is 0 Å². The van der Waals surface area contributed by atoms with Crippen LogP contribution in [0.1, 0.15) is 6.42 Å². The Morgan fingerprint density at radius 2 is 2.12 bits per heavy atom. The van der Waals surface area contributed by atoms with Crippen molar-refractivity contribution in [3.05, 3.63) is 12.7 Å². The molecule has 2 unspecified atom stereocenters. The van der Waals surface area contributed by atoms with Crippen LogP contribution in [0.4, 0.5) is 0 Å². The van der Waals surface area contributed by atoms with E-state index in [-0.39, 0.29) is 6.29 Å². The van der Waals surface area contributed by atoms with E-state index in [9.17, 15) is 0 Å². The molecule has 2 atom stereocenters. The van der Waals surface area contributed by atoms with Crippen LogP contribution < -0.4 is 0 Å². The Labute approximate surface area is 101 Å². The van der Waals surface area contributed by atoms with Crippen LogP contribution in [-0.4, -0.2) is 51.3 Å². The van der Waals surface area contributed by atoms with Crippen molar-refractivity contribution in [3.63, 3.8) is 0 Å². The second-order valence-corrected chi connectivity index (χ2v) is 3.84. The van der Waals surface area contributed by atoms with Gasteiger partial charge >= 0.3 is 0 Å². The molecule has 0 saturated carbocycles. The maximum Gasteiger partial charge on any atom is 0.181 e. The molecule has 16 heavy (non-hydrogen) atoms. The molecule has 0 amide bonds. The maximum atomic E-state index is 5.38. The summed E-state index contributed by atoms with van der Waals surface area (Å²) in [6, 6.07) is 0. The minimum Gasteiger partial charge on any atom is -0.375 e. The zero-order valence-electron chi connectivity index (χ0n) is 9.40. The van der Waals surface area contributed by atoms with Gasteiger partial charge in [0.25, 0.3) is 0 Å². The standard InChI is InChI=1S/C6H10O2.C5H9ClO2/c1-2-3-7-4-6-5-8-6;6-2-1-3-7-5-4-8-5/h2,6H,1,3-5H2;5H,1-4H2. The zero-order valence-corrected chi connectivity index (χ0v) is 10.2. The quantitative estimate of drug-likeness (QED) is 0.284.